The van der Waals surface area contributed by atoms with Crippen LogP contribution in [0.25, 0.3) is 0 Å². The molecule has 0 spiro atoms. The zero-order valence-corrected chi connectivity index (χ0v) is 14.9. The monoisotopic (exact) mass is 307 g/mol. The molecule has 2 rings (SSSR count). The Labute approximate surface area is 136 Å². The third kappa shape index (κ3) is 4.58. The molecule has 0 bridgehead atoms. The second-order valence-electron chi connectivity index (χ2n) is 7.92. The lowest BCUT2D eigenvalue weighted by atomic mass is 9.69. The Hall–Kier alpha value is -0.830. The van der Waals surface area contributed by atoms with Gasteiger partial charge >= 0.3 is 5.97 Å². The summed E-state index contributed by atoms with van der Waals surface area (Å²) in [6.07, 6.45) is 9.16. The summed E-state index contributed by atoms with van der Waals surface area (Å²) in [6, 6.07) is 0.447. The van der Waals surface area contributed by atoms with Crippen molar-refractivity contribution in [3.05, 3.63) is 11.6 Å². The zero-order chi connectivity index (χ0) is 16.2. The van der Waals surface area contributed by atoms with E-state index in [0.29, 0.717) is 18.1 Å². The van der Waals surface area contributed by atoms with Gasteiger partial charge in [-0.2, -0.15) is 0 Å². The fourth-order valence-electron chi connectivity index (χ4n) is 3.95. The molecule has 3 nitrogen and oxygen atoms in total. The molecular weight excluding hydrogens is 274 g/mol. The topological polar surface area (TPSA) is 29.5 Å². The number of carbonyl (C=O) groups is 1. The average Bonchev–Trinajstić information content (AvgIpc) is 2.47. The van der Waals surface area contributed by atoms with Gasteiger partial charge < -0.3 is 4.74 Å². The van der Waals surface area contributed by atoms with Gasteiger partial charge in [-0.3, -0.25) is 4.90 Å². The minimum absolute atomic E-state index is 0.159. The zero-order valence-electron chi connectivity index (χ0n) is 14.9. The number of hydrogen-bond donors (Lipinski definition) is 0. The molecule has 1 heterocycles. The Balaban J connectivity index is 2.15. The molecule has 2 unspecified atom stereocenters. The molecule has 22 heavy (non-hydrogen) atoms. The van der Waals surface area contributed by atoms with Crippen LogP contribution in [0.5, 0.6) is 0 Å². The van der Waals surface area contributed by atoms with Gasteiger partial charge in [0.15, 0.2) is 0 Å². The fraction of sp³-hybridized carbons (Fsp3) is 0.842. The SMILES string of the molecule is CCOC(=O)/C=C1\CCC(C(C)(C)C)CC1N1CCCCC1. The molecule has 2 aliphatic rings. The molecule has 126 valence electrons. The van der Waals surface area contributed by atoms with Crippen molar-refractivity contribution in [2.45, 2.75) is 72.3 Å². The molecule has 3 heteroatoms. The lowest BCUT2D eigenvalue weighted by Gasteiger charge is -2.44. The molecular formula is C19H33NO2. The van der Waals surface area contributed by atoms with Crippen LogP contribution < -0.4 is 0 Å². The van der Waals surface area contributed by atoms with Crippen LogP contribution in [0.15, 0.2) is 11.6 Å². The summed E-state index contributed by atoms with van der Waals surface area (Å²) in [5, 5.41) is 0. The van der Waals surface area contributed by atoms with Crippen molar-refractivity contribution in [3.63, 3.8) is 0 Å². The normalized spacial score (nSPS) is 29.5. The Morgan fingerprint density at radius 3 is 2.55 bits per heavy atom. The van der Waals surface area contributed by atoms with E-state index in [1.165, 1.54) is 50.8 Å². The van der Waals surface area contributed by atoms with E-state index in [1.54, 1.807) is 6.08 Å². The van der Waals surface area contributed by atoms with Crippen molar-refractivity contribution in [2.24, 2.45) is 11.3 Å². The minimum Gasteiger partial charge on any atom is -0.463 e. The highest BCUT2D eigenvalue weighted by Gasteiger charge is 2.36. The highest BCUT2D eigenvalue weighted by Crippen LogP contribution is 2.42. The third-order valence-corrected chi connectivity index (χ3v) is 5.36. The van der Waals surface area contributed by atoms with Gasteiger partial charge in [0.1, 0.15) is 0 Å². The van der Waals surface area contributed by atoms with Crippen LogP contribution in [-0.2, 0) is 9.53 Å². The summed E-state index contributed by atoms with van der Waals surface area (Å²) in [6.45, 7) is 11.8. The van der Waals surface area contributed by atoms with E-state index in [1.807, 2.05) is 6.92 Å². The molecule has 0 N–H and O–H groups in total. The van der Waals surface area contributed by atoms with Gasteiger partial charge in [0, 0.05) is 12.1 Å². The van der Waals surface area contributed by atoms with Crippen LogP contribution in [0.2, 0.25) is 0 Å². The average molecular weight is 307 g/mol. The van der Waals surface area contributed by atoms with E-state index < -0.39 is 0 Å². The van der Waals surface area contributed by atoms with Gasteiger partial charge in [-0.05, 0) is 69.0 Å². The van der Waals surface area contributed by atoms with Crippen LogP contribution >= 0.6 is 0 Å². The summed E-state index contributed by atoms with van der Waals surface area (Å²) >= 11 is 0. The van der Waals surface area contributed by atoms with E-state index in [2.05, 4.69) is 25.7 Å². The second kappa shape index (κ2) is 7.63. The van der Waals surface area contributed by atoms with Crippen molar-refractivity contribution in [2.75, 3.05) is 19.7 Å². The first-order chi connectivity index (χ1) is 10.4. The number of rotatable bonds is 3. The first-order valence-corrected chi connectivity index (χ1v) is 9.03. The lowest BCUT2D eigenvalue weighted by Crippen LogP contribution is -2.45. The van der Waals surface area contributed by atoms with E-state index in [0.717, 1.165) is 12.3 Å². The number of hydrogen-bond acceptors (Lipinski definition) is 3. The second-order valence-corrected chi connectivity index (χ2v) is 7.92. The summed E-state index contributed by atoms with van der Waals surface area (Å²) in [4.78, 5) is 14.5. The van der Waals surface area contributed by atoms with Crippen LogP contribution in [0.4, 0.5) is 0 Å². The minimum atomic E-state index is -0.159. The number of nitrogens with zero attached hydrogens (tertiary/aromatic N) is 1. The van der Waals surface area contributed by atoms with Gasteiger partial charge in [-0.25, -0.2) is 4.79 Å². The van der Waals surface area contributed by atoms with Gasteiger partial charge in [-0.15, -0.1) is 0 Å². The summed E-state index contributed by atoms with van der Waals surface area (Å²) in [5.74, 6) is 0.576. The number of ether oxygens (including phenoxy) is 1. The van der Waals surface area contributed by atoms with Gasteiger partial charge in [0.2, 0.25) is 0 Å². The maximum absolute atomic E-state index is 11.9. The highest BCUT2D eigenvalue weighted by molar-refractivity contribution is 5.83. The van der Waals surface area contributed by atoms with Crippen molar-refractivity contribution in [3.8, 4) is 0 Å². The Bertz CT molecular complexity index is 402. The molecule has 0 amide bonds. The van der Waals surface area contributed by atoms with Gasteiger partial charge in [0.25, 0.3) is 0 Å². The standard InChI is InChI=1S/C19H33NO2/c1-5-22-18(21)13-15-9-10-16(19(2,3)4)14-17(15)20-11-7-6-8-12-20/h13,16-17H,5-12,14H2,1-4H3/b15-13+. The summed E-state index contributed by atoms with van der Waals surface area (Å²) in [5.41, 5.74) is 1.66. The number of likely N-dealkylation sites (tertiary alicyclic amines) is 1. The maximum atomic E-state index is 11.9. The molecule has 0 radical (unpaired) electrons. The van der Waals surface area contributed by atoms with E-state index in [-0.39, 0.29) is 5.97 Å². The van der Waals surface area contributed by atoms with Crippen molar-refractivity contribution in [1.29, 1.82) is 0 Å². The summed E-state index contributed by atoms with van der Waals surface area (Å²) < 4.78 is 5.14. The fourth-order valence-corrected chi connectivity index (χ4v) is 3.95. The maximum Gasteiger partial charge on any atom is 0.330 e. The first kappa shape index (κ1) is 17.5. The molecule has 1 aliphatic carbocycles. The Kier molecular flexibility index (Phi) is 6.08. The number of piperidine rings is 1. The van der Waals surface area contributed by atoms with Crippen molar-refractivity contribution in [1.82, 2.24) is 4.90 Å². The largest absolute Gasteiger partial charge is 0.463 e. The smallest absolute Gasteiger partial charge is 0.330 e. The van der Waals surface area contributed by atoms with Gasteiger partial charge in [-0.1, -0.05) is 27.2 Å². The number of esters is 1. The molecule has 2 atom stereocenters. The number of carbonyl (C=O) groups excluding carboxylic acids is 1. The lowest BCUT2D eigenvalue weighted by molar-refractivity contribution is -0.137. The molecule has 0 aromatic heterocycles. The predicted molar refractivity (Wildman–Crippen MR) is 90.7 cm³/mol. The Morgan fingerprint density at radius 1 is 1.27 bits per heavy atom. The molecule has 1 aliphatic heterocycles. The summed E-state index contributed by atoms with van der Waals surface area (Å²) in [7, 11) is 0. The van der Waals surface area contributed by atoms with Crippen LogP contribution in [0, 0.1) is 11.3 Å². The molecule has 2 fully saturated rings. The van der Waals surface area contributed by atoms with Crippen LogP contribution in [0.3, 0.4) is 0 Å². The van der Waals surface area contributed by atoms with Crippen molar-refractivity contribution >= 4 is 5.97 Å². The van der Waals surface area contributed by atoms with Crippen LogP contribution in [-0.4, -0.2) is 36.6 Å². The van der Waals surface area contributed by atoms with Gasteiger partial charge in [0.05, 0.1) is 6.61 Å². The quantitative estimate of drug-likeness (QED) is 0.579. The predicted octanol–water partition coefficient (Wildman–Crippen LogP) is 4.18. The molecule has 0 aromatic rings. The molecule has 0 aromatic carbocycles. The van der Waals surface area contributed by atoms with E-state index in [9.17, 15) is 4.79 Å². The molecule has 1 saturated carbocycles. The van der Waals surface area contributed by atoms with Crippen LogP contribution in [0.1, 0.15) is 66.2 Å². The van der Waals surface area contributed by atoms with E-state index in [4.69, 9.17) is 4.74 Å². The first-order valence-electron chi connectivity index (χ1n) is 9.03. The molecule has 1 saturated heterocycles. The van der Waals surface area contributed by atoms with Crippen molar-refractivity contribution < 1.29 is 9.53 Å². The highest BCUT2D eigenvalue weighted by atomic mass is 16.5. The third-order valence-electron chi connectivity index (χ3n) is 5.36. The van der Waals surface area contributed by atoms with E-state index >= 15 is 0 Å². The Morgan fingerprint density at radius 2 is 1.95 bits per heavy atom.